The summed E-state index contributed by atoms with van der Waals surface area (Å²) in [6.07, 6.45) is 2.74. The third-order valence-corrected chi connectivity index (χ3v) is 7.56. The van der Waals surface area contributed by atoms with Crippen LogP contribution in [0.1, 0.15) is 60.0 Å². The smallest absolute Gasteiger partial charge is 0.410 e. The molecule has 0 saturated heterocycles. The van der Waals surface area contributed by atoms with Crippen LogP contribution in [0.4, 0.5) is 4.79 Å². The summed E-state index contributed by atoms with van der Waals surface area (Å²) < 4.78 is 5.73. The second kappa shape index (κ2) is 11.1. The molecule has 1 aliphatic rings. The van der Waals surface area contributed by atoms with Crippen LogP contribution in [0.25, 0.3) is 0 Å². The highest BCUT2D eigenvalue weighted by Gasteiger charge is 2.28. The molecule has 3 aromatic rings. The Kier molecular flexibility index (Phi) is 7.92. The molecule has 4 rings (SSSR count). The molecule has 0 aromatic heterocycles. The first-order valence-corrected chi connectivity index (χ1v) is 12.7. The van der Waals surface area contributed by atoms with E-state index in [1.54, 1.807) is 4.90 Å². The normalized spacial score (nSPS) is 15.0. The van der Waals surface area contributed by atoms with Gasteiger partial charge in [-0.3, -0.25) is 0 Å². The molecule has 0 fully saturated rings. The van der Waals surface area contributed by atoms with E-state index in [2.05, 4.69) is 73.3 Å². The van der Waals surface area contributed by atoms with Crippen LogP contribution >= 0.6 is 0 Å². The van der Waals surface area contributed by atoms with Crippen molar-refractivity contribution in [3.8, 4) is 5.75 Å². The van der Waals surface area contributed by atoms with Crippen molar-refractivity contribution < 1.29 is 9.53 Å². The number of benzene rings is 3. The number of rotatable bonds is 7. The zero-order valence-electron chi connectivity index (χ0n) is 21.7. The Labute approximate surface area is 210 Å². The van der Waals surface area contributed by atoms with Crippen LogP contribution in [-0.4, -0.2) is 43.6 Å². The zero-order chi connectivity index (χ0) is 24.9. The van der Waals surface area contributed by atoms with E-state index in [1.807, 2.05) is 39.3 Å². The lowest BCUT2D eigenvalue weighted by Crippen LogP contribution is -2.32. The number of carbonyl (C=O) groups excluding carboxylic acids is 1. The highest BCUT2D eigenvalue weighted by Crippen LogP contribution is 2.40. The first kappa shape index (κ1) is 25.0. The largest absolute Gasteiger partial charge is 0.414 e. The first-order chi connectivity index (χ1) is 16.8. The summed E-state index contributed by atoms with van der Waals surface area (Å²) in [6.45, 7) is 5.10. The van der Waals surface area contributed by atoms with Gasteiger partial charge in [0.05, 0.1) is 0 Å². The van der Waals surface area contributed by atoms with E-state index in [9.17, 15) is 4.79 Å². The number of carbonyl (C=O) groups is 1. The van der Waals surface area contributed by atoms with Crippen molar-refractivity contribution in [3.05, 3.63) is 101 Å². The molecule has 0 aliphatic heterocycles. The Hall–Kier alpha value is -3.11. The summed E-state index contributed by atoms with van der Waals surface area (Å²) in [5.41, 5.74) is 6.88. The molecular formula is C31H38N2O2. The lowest BCUT2D eigenvalue weighted by molar-refractivity contribution is 0.160. The minimum absolute atomic E-state index is 0.248. The van der Waals surface area contributed by atoms with Gasteiger partial charge in [-0.2, -0.15) is 0 Å². The summed E-state index contributed by atoms with van der Waals surface area (Å²) in [5.74, 6) is 1.31. The summed E-state index contributed by atoms with van der Waals surface area (Å²) in [5, 5.41) is 0. The third kappa shape index (κ3) is 5.76. The van der Waals surface area contributed by atoms with Crippen molar-refractivity contribution in [2.24, 2.45) is 5.92 Å². The van der Waals surface area contributed by atoms with Gasteiger partial charge in [0.1, 0.15) is 5.75 Å². The van der Waals surface area contributed by atoms with Crippen molar-refractivity contribution in [2.75, 3.05) is 27.7 Å². The molecule has 1 aliphatic carbocycles. The average molecular weight is 471 g/mol. The lowest BCUT2D eigenvalue weighted by atomic mass is 9.78. The number of hydrogen-bond acceptors (Lipinski definition) is 3. The van der Waals surface area contributed by atoms with Gasteiger partial charge in [-0.1, -0.05) is 67.6 Å². The number of aryl methyl sites for hydroxylation is 2. The molecule has 4 nitrogen and oxygen atoms in total. The average Bonchev–Trinajstić information content (AvgIpc) is 3.03. The number of hydrogen-bond donors (Lipinski definition) is 0. The van der Waals surface area contributed by atoms with E-state index in [0.29, 0.717) is 24.1 Å². The minimum atomic E-state index is -0.312. The summed E-state index contributed by atoms with van der Waals surface area (Å²) in [4.78, 5) is 16.7. The summed E-state index contributed by atoms with van der Waals surface area (Å²) in [7, 11) is 5.92. The van der Waals surface area contributed by atoms with Crippen LogP contribution in [0.15, 0.2) is 72.8 Å². The Morgan fingerprint density at radius 3 is 2.09 bits per heavy atom. The second-order valence-electron chi connectivity index (χ2n) is 10.1. The van der Waals surface area contributed by atoms with E-state index in [4.69, 9.17) is 4.74 Å². The molecule has 2 atom stereocenters. The molecule has 0 N–H and O–H groups in total. The number of nitrogens with zero attached hydrogens (tertiary/aromatic N) is 2. The fourth-order valence-electron chi connectivity index (χ4n) is 5.15. The molecule has 0 saturated carbocycles. The molecule has 4 heteroatoms. The maximum Gasteiger partial charge on any atom is 0.414 e. The SMILES string of the molecule is CC(CCN(C)C(=O)Oc1cccc([C@H](C)N(C)C)c1)C1c2ccccc2CCc2ccccc21. The van der Waals surface area contributed by atoms with E-state index in [1.165, 1.54) is 22.3 Å². The maximum absolute atomic E-state index is 12.9. The Balaban J connectivity index is 1.44. The van der Waals surface area contributed by atoms with Crippen LogP contribution in [-0.2, 0) is 12.8 Å². The molecular weight excluding hydrogens is 432 g/mol. The first-order valence-electron chi connectivity index (χ1n) is 12.7. The summed E-state index contributed by atoms with van der Waals surface area (Å²) >= 11 is 0. The van der Waals surface area contributed by atoms with Crippen LogP contribution < -0.4 is 4.74 Å². The lowest BCUT2D eigenvalue weighted by Gasteiger charge is -2.28. The Morgan fingerprint density at radius 1 is 0.886 bits per heavy atom. The van der Waals surface area contributed by atoms with E-state index in [0.717, 1.165) is 24.8 Å². The standard InChI is InChI=1S/C31H38N2O2/c1-22(30-28-15-8-6-11-24(28)17-18-25-12-7-9-16-29(25)30)19-20-33(5)31(34)35-27-14-10-13-26(21-27)23(2)32(3)4/h6-16,21-23,30H,17-20H2,1-5H3/t22?,23-/m0/s1. The second-order valence-corrected chi connectivity index (χ2v) is 10.1. The van der Waals surface area contributed by atoms with Crippen molar-refractivity contribution >= 4 is 6.09 Å². The van der Waals surface area contributed by atoms with Gasteiger partial charge < -0.3 is 14.5 Å². The fourth-order valence-corrected chi connectivity index (χ4v) is 5.15. The van der Waals surface area contributed by atoms with E-state index < -0.39 is 0 Å². The van der Waals surface area contributed by atoms with E-state index >= 15 is 0 Å². The van der Waals surface area contributed by atoms with Crippen molar-refractivity contribution in [1.29, 1.82) is 0 Å². The fraction of sp³-hybridized carbons (Fsp3) is 0.387. The van der Waals surface area contributed by atoms with Crippen molar-refractivity contribution in [3.63, 3.8) is 0 Å². The molecule has 1 amide bonds. The molecule has 3 aromatic carbocycles. The Morgan fingerprint density at radius 2 is 1.49 bits per heavy atom. The van der Waals surface area contributed by atoms with Crippen LogP contribution in [0.2, 0.25) is 0 Å². The molecule has 0 heterocycles. The van der Waals surface area contributed by atoms with Crippen LogP contribution in [0.5, 0.6) is 5.75 Å². The molecule has 1 unspecified atom stereocenters. The van der Waals surface area contributed by atoms with Crippen molar-refractivity contribution in [2.45, 2.75) is 45.1 Å². The van der Waals surface area contributed by atoms with Gasteiger partial charge >= 0.3 is 6.09 Å². The molecule has 0 spiro atoms. The highest BCUT2D eigenvalue weighted by molar-refractivity contribution is 5.70. The minimum Gasteiger partial charge on any atom is -0.410 e. The van der Waals surface area contributed by atoms with E-state index in [-0.39, 0.29) is 12.1 Å². The molecule has 0 bridgehead atoms. The monoisotopic (exact) mass is 470 g/mol. The molecule has 0 radical (unpaired) electrons. The number of amides is 1. The van der Waals surface area contributed by atoms with Gasteiger partial charge in [0.2, 0.25) is 0 Å². The quantitative estimate of drug-likeness (QED) is 0.385. The van der Waals surface area contributed by atoms with Gasteiger partial charge in [0, 0.05) is 25.6 Å². The van der Waals surface area contributed by atoms with Gasteiger partial charge in [-0.25, -0.2) is 4.79 Å². The van der Waals surface area contributed by atoms with Crippen molar-refractivity contribution in [1.82, 2.24) is 9.80 Å². The van der Waals surface area contributed by atoms with Gasteiger partial charge in [0.25, 0.3) is 0 Å². The van der Waals surface area contributed by atoms with Gasteiger partial charge in [-0.15, -0.1) is 0 Å². The molecule has 184 valence electrons. The Bertz CT molecular complexity index is 1110. The number of ether oxygens (including phenoxy) is 1. The van der Waals surface area contributed by atoms with Crippen LogP contribution in [0, 0.1) is 5.92 Å². The molecule has 35 heavy (non-hydrogen) atoms. The predicted molar refractivity (Wildman–Crippen MR) is 143 cm³/mol. The van der Waals surface area contributed by atoms with Gasteiger partial charge in [-0.05, 0) is 86.1 Å². The van der Waals surface area contributed by atoms with Crippen LogP contribution in [0.3, 0.4) is 0 Å². The third-order valence-electron chi connectivity index (χ3n) is 7.56. The topological polar surface area (TPSA) is 32.8 Å². The number of fused-ring (bicyclic) bond motifs is 2. The maximum atomic E-state index is 12.9. The highest BCUT2D eigenvalue weighted by atomic mass is 16.6. The summed E-state index contributed by atoms with van der Waals surface area (Å²) in [6, 6.07) is 25.8. The predicted octanol–water partition coefficient (Wildman–Crippen LogP) is 6.70. The zero-order valence-corrected chi connectivity index (χ0v) is 21.7. The van der Waals surface area contributed by atoms with Gasteiger partial charge in [0.15, 0.2) is 0 Å².